The normalized spacial score (nSPS) is 22.5. The lowest BCUT2D eigenvalue weighted by Gasteiger charge is -2.25. The van der Waals surface area contributed by atoms with Crippen LogP contribution in [0.5, 0.6) is 0 Å². The molecule has 2 aliphatic rings. The Bertz CT molecular complexity index is 902. The Hall–Kier alpha value is -2.19. The zero-order valence-corrected chi connectivity index (χ0v) is 15.2. The van der Waals surface area contributed by atoms with Gasteiger partial charge in [-0.2, -0.15) is 5.10 Å². The number of aromatic nitrogens is 2. The van der Waals surface area contributed by atoms with E-state index in [0.29, 0.717) is 38.4 Å². The third kappa shape index (κ3) is 3.39. The number of benzene rings is 1. The first kappa shape index (κ1) is 17.2. The Morgan fingerprint density at radius 1 is 1.15 bits per heavy atom. The predicted octanol–water partition coefficient (Wildman–Crippen LogP) is 1.38. The van der Waals surface area contributed by atoms with Crippen molar-refractivity contribution < 1.29 is 17.9 Å². The minimum atomic E-state index is -3.05. The molecule has 0 spiro atoms. The van der Waals surface area contributed by atoms with Crippen LogP contribution in [0.15, 0.2) is 36.4 Å². The molecule has 26 heavy (non-hydrogen) atoms. The summed E-state index contributed by atoms with van der Waals surface area (Å²) in [4.78, 5) is 14.5. The average Bonchev–Trinajstić information content (AvgIpc) is 3.26. The quantitative estimate of drug-likeness (QED) is 0.810. The van der Waals surface area contributed by atoms with E-state index in [-0.39, 0.29) is 23.5 Å². The van der Waals surface area contributed by atoms with E-state index < -0.39 is 9.84 Å². The van der Waals surface area contributed by atoms with Crippen LogP contribution in [-0.2, 0) is 14.6 Å². The molecular formula is C18H21N3O4S. The molecule has 3 heterocycles. The molecule has 1 amide bonds. The smallest absolute Gasteiger partial charge is 0.274 e. The minimum absolute atomic E-state index is 0.0691. The van der Waals surface area contributed by atoms with Crippen molar-refractivity contribution in [2.75, 3.05) is 37.8 Å². The Balaban J connectivity index is 1.72. The van der Waals surface area contributed by atoms with Gasteiger partial charge >= 0.3 is 0 Å². The van der Waals surface area contributed by atoms with Crippen molar-refractivity contribution in [3.8, 4) is 11.3 Å². The van der Waals surface area contributed by atoms with Crippen molar-refractivity contribution in [3.05, 3.63) is 42.1 Å². The van der Waals surface area contributed by atoms with Gasteiger partial charge in [0.05, 0.1) is 36.5 Å². The molecule has 0 radical (unpaired) electrons. The molecule has 2 saturated heterocycles. The first-order chi connectivity index (χ1) is 12.5. The van der Waals surface area contributed by atoms with Crippen molar-refractivity contribution in [2.24, 2.45) is 0 Å². The molecule has 7 nitrogen and oxygen atoms in total. The Morgan fingerprint density at radius 3 is 2.54 bits per heavy atom. The molecule has 8 heteroatoms. The van der Waals surface area contributed by atoms with E-state index in [1.807, 2.05) is 30.3 Å². The largest absolute Gasteiger partial charge is 0.378 e. The van der Waals surface area contributed by atoms with Crippen molar-refractivity contribution >= 4 is 15.7 Å². The number of rotatable bonds is 3. The molecule has 1 unspecified atom stereocenters. The van der Waals surface area contributed by atoms with Crippen LogP contribution >= 0.6 is 0 Å². The summed E-state index contributed by atoms with van der Waals surface area (Å²) in [5, 5.41) is 4.53. The summed E-state index contributed by atoms with van der Waals surface area (Å²) >= 11 is 0. The third-order valence-electron chi connectivity index (χ3n) is 4.88. The van der Waals surface area contributed by atoms with E-state index in [4.69, 9.17) is 4.74 Å². The molecule has 0 saturated carbocycles. The molecule has 0 N–H and O–H groups in total. The van der Waals surface area contributed by atoms with Crippen LogP contribution in [0.1, 0.15) is 23.0 Å². The molecule has 1 aromatic heterocycles. The van der Waals surface area contributed by atoms with Gasteiger partial charge in [-0.1, -0.05) is 30.3 Å². The van der Waals surface area contributed by atoms with Crippen LogP contribution < -0.4 is 0 Å². The van der Waals surface area contributed by atoms with Gasteiger partial charge in [0.1, 0.15) is 0 Å². The number of carbonyl (C=O) groups is 1. The van der Waals surface area contributed by atoms with Gasteiger partial charge in [-0.25, -0.2) is 8.42 Å². The maximum atomic E-state index is 12.8. The van der Waals surface area contributed by atoms with Gasteiger partial charge in [-0.05, 0) is 18.1 Å². The Kier molecular flexibility index (Phi) is 4.54. The number of carbonyl (C=O) groups excluding carboxylic acids is 1. The monoisotopic (exact) mass is 375 g/mol. The molecular weight excluding hydrogens is 354 g/mol. The second-order valence-corrected chi connectivity index (χ2v) is 8.92. The molecule has 4 rings (SSSR count). The fourth-order valence-electron chi connectivity index (χ4n) is 3.50. The topological polar surface area (TPSA) is 81.5 Å². The first-order valence-electron chi connectivity index (χ1n) is 8.76. The predicted molar refractivity (Wildman–Crippen MR) is 96.7 cm³/mol. The van der Waals surface area contributed by atoms with Crippen molar-refractivity contribution in [2.45, 2.75) is 12.5 Å². The second kappa shape index (κ2) is 6.85. The van der Waals surface area contributed by atoms with Gasteiger partial charge in [0.15, 0.2) is 15.5 Å². The van der Waals surface area contributed by atoms with E-state index in [2.05, 4.69) is 5.10 Å². The van der Waals surface area contributed by atoms with Gasteiger partial charge in [0.2, 0.25) is 0 Å². The zero-order valence-electron chi connectivity index (χ0n) is 14.4. The average molecular weight is 375 g/mol. The summed E-state index contributed by atoms with van der Waals surface area (Å²) in [7, 11) is -3.05. The number of sulfone groups is 1. The zero-order chi connectivity index (χ0) is 18.1. The van der Waals surface area contributed by atoms with E-state index in [1.165, 1.54) is 0 Å². The van der Waals surface area contributed by atoms with E-state index in [0.717, 1.165) is 11.3 Å². The lowest BCUT2D eigenvalue weighted by molar-refractivity contribution is 0.0298. The van der Waals surface area contributed by atoms with Crippen LogP contribution in [0, 0.1) is 0 Å². The van der Waals surface area contributed by atoms with Gasteiger partial charge in [0.25, 0.3) is 5.91 Å². The summed E-state index contributed by atoms with van der Waals surface area (Å²) in [6.07, 6.45) is 0.523. The summed E-state index contributed by atoms with van der Waals surface area (Å²) in [5.74, 6) is 0.100. The van der Waals surface area contributed by atoms with Gasteiger partial charge in [0, 0.05) is 13.1 Å². The van der Waals surface area contributed by atoms with Crippen LogP contribution in [-0.4, -0.2) is 66.8 Å². The number of nitrogens with zero attached hydrogens (tertiary/aromatic N) is 3. The highest BCUT2D eigenvalue weighted by Crippen LogP contribution is 2.30. The first-order valence-corrected chi connectivity index (χ1v) is 10.6. The van der Waals surface area contributed by atoms with Crippen LogP contribution in [0.25, 0.3) is 11.3 Å². The lowest BCUT2D eigenvalue weighted by atomic mass is 10.1. The highest BCUT2D eigenvalue weighted by Gasteiger charge is 2.32. The number of hydrogen-bond acceptors (Lipinski definition) is 5. The molecule has 2 aliphatic heterocycles. The number of ether oxygens (including phenoxy) is 1. The summed E-state index contributed by atoms with van der Waals surface area (Å²) < 4.78 is 30.9. The Morgan fingerprint density at radius 2 is 1.88 bits per heavy atom. The number of amides is 1. The van der Waals surface area contributed by atoms with E-state index >= 15 is 0 Å². The standard InChI is InChI=1S/C18H21N3O4S/c22-18(20-7-9-25-10-8-20)16-12-17(14-4-2-1-3-5-14)21(19-16)15-6-11-26(23,24)13-15/h1-5,12,15H,6-11,13H2. The molecule has 0 bridgehead atoms. The van der Waals surface area contributed by atoms with Crippen LogP contribution in [0.4, 0.5) is 0 Å². The maximum Gasteiger partial charge on any atom is 0.274 e. The minimum Gasteiger partial charge on any atom is -0.378 e. The van der Waals surface area contributed by atoms with Crippen LogP contribution in [0.3, 0.4) is 0 Å². The van der Waals surface area contributed by atoms with E-state index in [1.54, 1.807) is 15.6 Å². The molecule has 0 aliphatic carbocycles. The molecule has 2 aromatic rings. The van der Waals surface area contributed by atoms with Gasteiger partial charge in [-0.3, -0.25) is 9.48 Å². The Labute approximate surface area is 152 Å². The van der Waals surface area contributed by atoms with Crippen molar-refractivity contribution in [1.29, 1.82) is 0 Å². The van der Waals surface area contributed by atoms with Crippen molar-refractivity contribution in [1.82, 2.24) is 14.7 Å². The molecule has 1 atom stereocenters. The molecule has 2 fully saturated rings. The molecule has 1 aromatic carbocycles. The number of morpholine rings is 1. The maximum absolute atomic E-state index is 12.8. The summed E-state index contributed by atoms with van der Waals surface area (Å²) in [6.45, 7) is 2.14. The molecule has 138 valence electrons. The lowest BCUT2D eigenvalue weighted by Crippen LogP contribution is -2.40. The van der Waals surface area contributed by atoms with E-state index in [9.17, 15) is 13.2 Å². The van der Waals surface area contributed by atoms with Gasteiger partial charge in [-0.15, -0.1) is 0 Å². The highest BCUT2D eigenvalue weighted by atomic mass is 32.2. The summed E-state index contributed by atoms with van der Waals surface area (Å²) in [5.41, 5.74) is 2.06. The van der Waals surface area contributed by atoms with Crippen molar-refractivity contribution in [3.63, 3.8) is 0 Å². The second-order valence-electron chi connectivity index (χ2n) is 6.69. The SMILES string of the molecule is O=C(c1cc(-c2ccccc2)n(C2CCS(=O)(=O)C2)n1)N1CCOCC1. The third-order valence-corrected chi connectivity index (χ3v) is 6.63. The van der Waals surface area contributed by atoms with Gasteiger partial charge < -0.3 is 9.64 Å². The fourth-order valence-corrected chi connectivity index (χ4v) is 5.19. The van der Waals surface area contributed by atoms with Crippen LogP contribution in [0.2, 0.25) is 0 Å². The fraction of sp³-hybridized carbons (Fsp3) is 0.444. The highest BCUT2D eigenvalue weighted by molar-refractivity contribution is 7.91. The summed E-state index contributed by atoms with van der Waals surface area (Å²) in [6, 6.07) is 11.2. The number of hydrogen-bond donors (Lipinski definition) is 0.